The van der Waals surface area contributed by atoms with Crippen LogP contribution in [0.25, 0.3) is 0 Å². The Labute approximate surface area is 123 Å². The molecule has 0 amide bonds. The molecule has 112 valence electrons. The minimum atomic E-state index is -0.845. The van der Waals surface area contributed by atoms with Crippen molar-refractivity contribution in [2.24, 2.45) is 17.1 Å². The van der Waals surface area contributed by atoms with Crippen LogP contribution in [0.1, 0.15) is 57.6 Å². The number of hydrogen-bond donors (Lipinski definition) is 2. The summed E-state index contributed by atoms with van der Waals surface area (Å²) in [6, 6.07) is 8.41. The second-order valence-electron chi connectivity index (χ2n) is 6.81. The molecule has 1 aliphatic carbocycles. The van der Waals surface area contributed by atoms with Crippen LogP contribution in [0.5, 0.6) is 0 Å². The Hall–Kier alpha value is -0.860. The van der Waals surface area contributed by atoms with Crippen molar-refractivity contribution in [2.75, 3.05) is 6.54 Å². The smallest absolute Gasteiger partial charge is 0.0936 e. The number of benzene rings is 1. The molecule has 3 atom stereocenters. The van der Waals surface area contributed by atoms with Gasteiger partial charge in [0.1, 0.15) is 0 Å². The number of rotatable bonds is 4. The molecule has 0 radical (unpaired) electrons. The molecule has 1 aliphatic rings. The highest BCUT2D eigenvalue weighted by Gasteiger charge is 2.48. The fourth-order valence-electron chi connectivity index (χ4n) is 3.86. The summed E-state index contributed by atoms with van der Waals surface area (Å²) < 4.78 is 0. The molecule has 1 fully saturated rings. The normalized spacial score (nSPS) is 29.9. The van der Waals surface area contributed by atoms with Crippen molar-refractivity contribution in [1.29, 1.82) is 0 Å². The molecule has 1 saturated carbocycles. The van der Waals surface area contributed by atoms with E-state index in [4.69, 9.17) is 5.73 Å². The number of aliphatic hydroxyl groups is 1. The van der Waals surface area contributed by atoms with Gasteiger partial charge in [-0.05, 0) is 43.2 Å². The zero-order valence-electron chi connectivity index (χ0n) is 13.2. The molecular weight excluding hydrogens is 246 g/mol. The van der Waals surface area contributed by atoms with Crippen LogP contribution in [0.2, 0.25) is 0 Å². The predicted molar refractivity (Wildman–Crippen MR) is 84.5 cm³/mol. The SMILES string of the molecule is CCc1ccc(C(C)(O)C2(CN)CCCC(C)C2)cc1. The maximum Gasteiger partial charge on any atom is 0.0936 e. The van der Waals surface area contributed by atoms with Gasteiger partial charge in [0.05, 0.1) is 5.60 Å². The summed E-state index contributed by atoms with van der Waals surface area (Å²) in [5, 5.41) is 11.3. The van der Waals surface area contributed by atoms with Gasteiger partial charge in [0.2, 0.25) is 0 Å². The van der Waals surface area contributed by atoms with Crippen LogP contribution in [-0.4, -0.2) is 11.7 Å². The molecular formula is C18H29NO. The minimum Gasteiger partial charge on any atom is -0.385 e. The van der Waals surface area contributed by atoms with Gasteiger partial charge in [-0.3, -0.25) is 0 Å². The molecule has 3 N–H and O–H groups in total. The molecule has 1 aromatic carbocycles. The van der Waals surface area contributed by atoms with E-state index < -0.39 is 5.60 Å². The first-order valence-corrected chi connectivity index (χ1v) is 7.97. The third-order valence-corrected chi connectivity index (χ3v) is 5.44. The Bertz CT molecular complexity index is 437. The molecule has 2 nitrogen and oxygen atoms in total. The minimum absolute atomic E-state index is 0.182. The van der Waals surface area contributed by atoms with Gasteiger partial charge in [-0.1, -0.05) is 51.0 Å². The van der Waals surface area contributed by atoms with E-state index in [1.54, 1.807) is 0 Å². The summed E-state index contributed by atoms with van der Waals surface area (Å²) in [5.74, 6) is 0.647. The zero-order valence-corrected chi connectivity index (χ0v) is 13.2. The lowest BCUT2D eigenvalue weighted by Crippen LogP contribution is -2.51. The molecule has 3 unspecified atom stereocenters. The van der Waals surface area contributed by atoms with Crippen LogP contribution < -0.4 is 5.73 Å². The van der Waals surface area contributed by atoms with Gasteiger partial charge in [-0.25, -0.2) is 0 Å². The van der Waals surface area contributed by atoms with Gasteiger partial charge in [0.25, 0.3) is 0 Å². The first kappa shape index (κ1) is 15.5. The maximum atomic E-state index is 11.3. The van der Waals surface area contributed by atoms with Gasteiger partial charge in [-0.15, -0.1) is 0 Å². The van der Waals surface area contributed by atoms with E-state index in [1.807, 2.05) is 6.92 Å². The van der Waals surface area contributed by atoms with Gasteiger partial charge >= 0.3 is 0 Å². The number of nitrogens with two attached hydrogens (primary N) is 1. The second kappa shape index (κ2) is 5.87. The van der Waals surface area contributed by atoms with E-state index in [0.717, 1.165) is 24.8 Å². The van der Waals surface area contributed by atoms with Crippen LogP contribution in [-0.2, 0) is 12.0 Å². The Morgan fingerprint density at radius 3 is 2.50 bits per heavy atom. The van der Waals surface area contributed by atoms with Crippen molar-refractivity contribution in [3.05, 3.63) is 35.4 Å². The lowest BCUT2D eigenvalue weighted by Gasteiger charge is -2.49. The highest BCUT2D eigenvalue weighted by molar-refractivity contribution is 5.29. The molecule has 2 heteroatoms. The maximum absolute atomic E-state index is 11.3. The summed E-state index contributed by atoms with van der Waals surface area (Å²) in [4.78, 5) is 0. The topological polar surface area (TPSA) is 46.2 Å². The lowest BCUT2D eigenvalue weighted by molar-refractivity contribution is -0.101. The van der Waals surface area contributed by atoms with Gasteiger partial charge in [0.15, 0.2) is 0 Å². The van der Waals surface area contributed by atoms with E-state index in [-0.39, 0.29) is 5.41 Å². The van der Waals surface area contributed by atoms with Crippen molar-refractivity contribution in [1.82, 2.24) is 0 Å². The average molecular weight is 275 g/mol. The molecule has 0 spiro atoms. The van der Waals surface area contributed by atoms with E-state index in [9.17, 15) is 5.11 Å². The molecule has 0 bridgehead atoms. The predicted octanol–water partition coefficient (Wildman–Crippen LogP) is 3.61. The van der Waals surface area contributed by atoms with Crippen LogP contribution in [0.15, 0.2) is 24.3 Å². The van der Waals surface area contributed by atoms with E-state index in [1.165, 1.54) is 18.4 Å². The highest BCUT2D eigenvalue weighted by atomic mass is 16.3. The van der Waals surface area contributed by atoms with Gasteiger partial charge in [-0.2, -0.15) is 0 Å². The van der Waals surface area contributed by atoms with Crippen LogP contribution in [0.4, 0.5) is 0 Å². The number of aryl methyl sites for hydroxylation is 1. The quantitative estimate of drug-likeness (QED) is 0.881. The van der Waals surface area contributed by atoms with E-state index in [2.05, 4.69) is 38.1 Å². The third-order valence-electron chi connectivity index (χ3n) is 5.44. The number of hydrogen-bond acceptors (Lipinski definition) is 2. The molecule has 1 aromatic rings. The average Bonchev–Trinajstić information content (AvgIpc) is 2.47. The molecule has 20 heavy (non-hydrogen) atoms. The third kappa shape index (κ3) is 2.64. The largest absolute Gasteiger partial charge is 0.385 e. The summed E-state index contributed by atoms with van der Waals surface area (Å²) in [5.41, 5.74) is 7.41. The van der Waals surface area contributed by atoms with Gasteiger partial charge in [0, 0.05) is 12.0 Å². The van der Waals surface area contributed by atoms with Crippen molar-refractivity contribution in [3.8, 4) is 0 Å². The first-order chi connectivity index (χ1) is 9.45. The molecule has 0 aromatic heterocycles. The first-order valence-electron chi connectivity index (χ1n) is 7.97. The summed E-state index contributed by atoms with van der Waals surface area (Å²) in [6.07, 6.45) is 5.50. The highest BCUT2D eigenvalue weighted by Crippen LogP contribution is 2.50. The Balaban J connectivity index is 2.34. The molecule has 0 aliphatic heterocycles. The zero-order chi connectivity index (χ0) is 14.8. The van der Waals surface area contributed by atoms with Crippen molar-refractivity contribution >= 4 is 0 Å². The molecule has 0 saturated heterocycles. The van der Waals surface area contributed by atoms with Crippen LogP contribution >= 0.6 is 0 Å². The Kier molecular flexibility index (Phi) is 4.55. The monoisotopic (exact) mass is 275 g/mol. The summed E-state index contributed by atoms with van der Waals surface area (Å²) in [6.45, 7) is 6.94. The van der Waals surface area contributed by atoms with E-state index >= 15 is 0 Å². The fourth-order valence-corrected chi connectivity index (χ4v) is 3.86. The van der Waals surface area contributed by atoms with Crippen LogP contribution in [0, 0.1) is 11.3 Å². The lowest BCUT2D eigenvalue weighted by atomic mass is 9.59. The fraction of sp³-hybridized carbons (Fsp3) is 0.667. The standard InChI is InChI=1S/C18H29NO/c1-4-15-7-9-16(10-8-15)17(3,20)18(13-19)11-5-6-14(2)12-18/h7-10,14,20H,4-6,11-13,19H2,1-3H3. The molecule has 0 heterocycles. The Morgan fingerprint density at radius 2 is 2.00 bits per heavy atom. The van der Waals surface area contributed by atoms with Crippen molar-refractivity contribution in [3.63, 3.8) is 0 Å². The van der Waals surface area contributed by atoms with Crippen molar-refractivity contribution < 1.29 is 5.11 Å². The van der Waals surface area contributed by atoms with Crippen molar-refractivity contribution in [2.45, 2.75) is 58.5 Å². The van der Waals surface area contributed by atoms with E-state index in [0.29, 0.717) is 12.5 Å². The Morgan fingerprint density at radius 1 is 1.35 bits per heavy atom. The molecule has 2 rings (SSSR count). The van der Waals surface area contributed by atoms with Gasteiger partial charge < -0.3 is 10.8 Å². The van der Waals surface area contributed by atoms with Crippen LogP contribution in [0.3, 0.4) is 0 Å². The summed E-state index contributed by atoms with van der Waals surface area (Å²) in [7, 11) is 0. The summed E-state index contributed by atoms with van der Waals surface area (Å²) >= 11 is 0. The second-order valence-corrected chi connectivity index (χ2v) is 6.81.